The Hall–Kier alpha value is -1.67. The topological polar surface area (TPSA) is 108 Å². The largest absolute Gasteiger partial charge is 0.396 e. The molecular weight excluding hydrogens is 374 g/mol. The van der Waals surface area contributed by atoms with Gasteiger partial charge < -0.3 is 25.4 Å². The van der Waals surface area contributed by atoms with Gasteiger partial charge in [0.2, 0.25) is 17.7 Å². The molecule has 3 aliphatic rings. The summed E-state index contributed by atoms with van der Waals surface area (Å²) >= 11 is 0. The first-order chi connectivity index (χ1) is 14.0. The highest BCUT2D eigenvalue weighted by Crippen LogP contribution is 2.58. The lowest BCUT2D eigenvalue weighted by Gasteiger charge is -2.33. The number of likely N-dealkylation sites (tertiary alicyclic amines) is 1. The fourth-order valence-corrected chi connectivity index (χ4v) is 5.24. The van der Waals surface area contributed by atoms with Gasteiger partial charge in [-0.2, -0.15) is 0 Å². The summed E-state index contributed by atoms with van der Waals surface area (Å²) in [4.78, 5) is 41.0. The van der Waals surface area contributed by atoms with Crippen LogP contribution in [0.4, 0.5) is 0 Å². The molecule has 0 aliphatic carbocycles. The van der Waals surface area contributed by atoms with E-state index < -0.39 is 23.5 Å². The van der Waals surface area contributed by atoms with Crippen LogP contribution in [0.15, 0.2) is 0 Å². The van der Waals surface area contributed by atoms with Crippen LogP contribution in [0, 0.1) is 11.8 Å². The van der Waals surface area contributed by atoms with Crippen molar-refractivity contribution in [3.05, 3.63) is 0 Å². The van der Waals surface area contributed by atoms with Gasteiger partial charge in [-0.3, -0.25) is 14.4 Å². The first-order valence-corrected chi connectivity index (χ1v) is 11.2. The van der Waals surface area contributed by atoms with Gasteiger partial charge in [0.25, 0.3) is 0 Å². The third-order valence-corrected chi connectivity index (χ3v) is 6.54. The first kappa shape index (κ1) is 22.0. The summed E-state index contributed by atoms with van der Waals surface area (Å²) < 4.78 is 6.31. The molecule has 3 N–H and O–H groups in total. The summed E-state index contributed by atoms with van der Waals surface area (Å²) in [6.07, 6.45) is 4.85. The van der Waals surface area contributed by atoms with Crippen LogP contribution in [0.3, 0.4) is 0 Å². The average molecular weight is 410 g/mol. The minimum absolute atomic E-state index is 0.0462. The fraction of sp³-hybridized carbons (Fsp3) is 0.857. The Morgan fingerprint density at radius 2 is 1.90 bits per heavy atom. The zero-order valence-corrected chi connectivity index (χ0v) is 17.6. The van der Waals surface area contributed by atoms with Gasteiger partial charge in [0.05, 0.1) is 17.9 Å². The van der Waals surface area contributed by atoms with Crippen LogP contribution in [-0.2, 0) is 19.1 Å². The van der Waals surface area contributed by atoms with Crippen LogP contribution in [0.25, 0.3) is 0 Å². The number of rotatable bonds is 11. The minimum atomic E-state index is -0.911. The van der Waals surface area contributed by atoms with E-state index in [0.717, 1.165) is 19.3 Å². The number of amides is 3. The third kappa shape index (κ3) is 3.89. The van der Waals surface area contributed by atoms with E-state index in [1.165, 1.54) is 0 Å². The smallest absolute Gasteiger partial charge is 0.245 e. The van der Waals surface area contributed by atoms with Crippen molar-refractivity contribution in [3.63, 3.8) is 0 Å². The van der Waals surface area contributed by atoms with Crippen molar-refractivity contribution in [1.29, 1.82) is 0 Å². The number of carbonyl (C=O) groups is 3. The molecule has 0 radical (unpaired) electrons. The number of ether oxygens (including phenoxy) is 1. The molecule has 3 amide bonds. The first-order valence-electron chi connectivity index (χ1n) is 11.2. The molecule has 3 rings (SSSR count). The Morgan fingerprint density at radius 1 is 1.14 bits per heavy atom. The summed E-state index contributed by atoms with van der Waals surface area (Å²) in [5.74, 6) is -1.61. The number of carbonyl (C=O) groups excluding carboxylic acids is 3. The van der Waals surface area contributed by atoms with Crippen LogP contribution >= 0.6 is 0 Å². The molecule has 8 nitrogen and oxygen atoms in total. The molecule has 3 heterocycles. The maximum absolute atomic E-state index is 13.4. The van der Waals surface area contributed by atoms with Gasteiger partial charge in [0.15, 0.2) is 0 Å². The van der Waals surface area contributed by atoms with Gasteiger partial charge in [0, 0.05) is 26.2 Å². The SMILES string of the molecule is CCCCNC(=O)C1N(CCCCO)C(=O)[C@@H]2[C@@H](C(=O)NCCC)[C@H]3CCC12O3. The summed E-state index contributed by atoms with van der Waals surface area (Å²) in [6, 6.07) is -0.704. The molecule has 3 fully saturated rings. The van der Waals surface area contributed by atoms with Crippen LogP contribution in [-0.4, -0.2) is 71.7 Å². The highest BCUT2D eigenvalue weighted by atomic mass is 16.5. The number of aliphatic hydroxyl groups is 1. The molecule has 0 saturated carbocycles. The van der Waals surface area contributed by atoms with Gasteiger partial charge in [-0.05, 0) is 38.5 Å². The summed E-state index contributed by atoms with van der Waals surface area (Å²) in [5.41, 5.74) is -0.911. The number of fused-ring (bicyclic) bond motifs is 1. The van der Waals surface area contributed by atoms with Crippen molar-refractivity contribution in [3.8, 4) is 0 Å². The number of nitrogens with zero attached hydrogens (tertiary/aromatic N) is 1. The van der Waals surface area contributed by atoms with Crippen molar-refractivity contribution in [2.75, 3.05) is 26.2 Å². The maximum Gasteiger partial charge on any atom is 0.245 e. The molecule has 0 aromatic heterocycles. The molecule has 5 atom stereocenters. The fourth-order valence-electron chi connectivity index (χ4n) is 5.24. The summed E-state index contributed by atoms with van der Waals surface area (Å²) in [6.45, 7) is 5.61. The van der Waals surface area contributed by atoms with Crippen molar-refractivity contribution >= 4 is 17.7 Å². The van der Waals surface area contributed by atoms with Crippen LogP contribution in [0.5, 0.6) is 0 Å². The molecule has 164 valence electrons. The highest BCUT2D eigenvalue weighted by Gasteiger charge is 2.74. The van der Waals surface area contributed by atoms with E-state index in [4.69, 9.17) is 9.84 Å². The second-order valence-electron chi connectivity index (χ2n) is 8.45. The molecule has 0 aromatic rings. The highest BCUT2D eigenvalue weighted by molar-refractivity contribution is 5.98. The molecule has 3 aliphatic heterocycles. The lowest BCUT2D eigenvalue weighted by Crippen LogP contribution is -2.55. The number of unbranched alkanes of at least 4 members (excludes halogenated alkanes) is 2. The molecular formula is C21H35N3O5. The Bertz CT molecular complexity index is 627. The Labute approximate surface area is 172 Å². The van der Waals surface area contributed by atoms with Gasteiger partial charge in [0.1, 0.15) is 11.6 Å². The lowest BCUT2D eigenvalue weighted by atomic mass is 9.70. The maximum atomic E-state index is 13.4. The molecule has 2 unspecified atom stereocenters. The van der Waals surface area contributed by atoms with Crippen LogP contribution < -0.4 is 10.6 Å². The van der Waals surface area contributed by atoms with E-state index in [1.807, 2.05) is 6.92 Å². The minimum Gasteiger partial charge on any atom is -0.396 e. The zero-order chi connectivity index (χ0) is 21.0. The Balaban J connectivity index is 1.86. The van der Waals surface area contributed by atoms with E-state index >= 15 is 0 Å². The van der Waals surface area contributed by atoms with Crippen molar-refractivity contribution in [1.82, 2.24) is 15.5 Å². The standard InChI is InChI=1S/C21H35N3O5/c1-3-5-11-23-19(27)17-21-9-8-14(29-21)15(18(26)22-10-4-2)16(21)20(28)24(17)12-6-7-13-25/h14-17,25H,3-13H2,1-2H3,(H,22,26)(H,23,27)/t14-,15+,16+,17?,21?/m1/s1. The van der Waals surface area contributed by atoms with Crippen molar-refractivity contribution < 1.29 is 24.2 Å². The predicted octanol–water partition coefficient (Wildman–Crippen LogP) is 0.576. The summed E-state index contributed by atoms with van der Waals surface area (Å²) in [7, 11) is 0. The van der Waals surface area contributed by atoms with Crippen molar-refractivity contribution in [2.24, 2.45) is 11.8 Å². The molecule has 29 heavy (non-hydrogen) atoms. The monoisotopic (exact) mass is 409 g/mol. The van der Waals surface area contributed by atoms with Gasteiger partial charge in [-0.1, -0.05) is 20.3 Å². The van der Waals surface area contributed by atoms with Crippen molar-refractivity contribution in [2.45, 2.75) is 76.5 Å². The van der Waals surface area contributed by atoms with Gasteiger partial charge >= 0.3 is 0 Å². The number of hydrogen-bond donors (Lipinski definition) is 3. The number of nitrogens with one attached hydrogen (secondary N) is 2. The predicted molar refractivity (Wildman–Crippen MR) is 107 cm³/mol. The second kappa shape index (κ2) is 9.43. The Morgan fingerprint density at radius 3 is 2.59 bits per heavy atom. The quantitative estimate of drug-likeness (QED) is 0.433. The van der Waals surface area contributed by atoms with E-state index in [1.54, 1.807) is 4.90 Å². The Kier molecular flexibility index (Phi) is 7.16. The number of hydrogen-bond acceptors (Lipinski definition) is 5. The van der Waals surface area contributed by atoms with Gasteiger partial charge in [-0.15, -0.1) is 0 Å². The molecule has 1 spiro atoms. The third-order valence-electron chi connectivity index (χ3n) is 6.54. The van der Waals surface area contributed by atoms with E-state index in [2.05, 4.69) is 17.6 Å². The average Bonchev–Trinajstić information content (AvgIpc) is 3.34. The van der Waals surface area contributed by atoms with E-state index in [9.17, 15) is 14.4 Å². The molecule has 3 saturated heterocycles. The molecule has 2 bridgehead atoms. The van der Waals surface area contributed by atoms with E-state index in [0.29, 0.717) is 45.3 Å². The lowest BCUT2D eigenvalue weighted by molar-refractivity contribution is -0.142. The zero-order valence-electron chi connectivity index (χ0n) is 17.6. The normalized spacial score (nSPS) is 32.5. The number of aliphatic hydroxyl groups excluding tert-OH is 1. The van der Waals surface area contributed by atoms with Crippen LogP contribution in [0.2, 0.25) is 0 Å². The molecule has 8 heteroatoms. The van der Waals surface area contributed by atoms with Crippen LogP contribution in [0.1, 0.15) is 58.8 Å². The molecule has 0 aromatic carbocycles. The summed E-state index contributed by atoms with van der Waals surface area (Å²) in [5, 5.41) is 15.0. The second-order valence-corrected chi connectivity index (χ2v) is 8.45. The van der Waals surface area contributed by atoms with Gasteiger partial charge in [-0.25, -0.2) is 0 Å². The van der Waals surface area contributed by atoms with E-state index in [-0.39, 0.29) is 30.4 Å².